The van der Waals surface area contributed by atoms with E-state index in [2.05, 4.69) is 26.2 Å². The molecule has 4 nitrogen and oxygen atoms in total. The van der Waals surface area contributed by atoms with Crippen molar-refractivity contribution < 1.29 is 8.42 Å². The molecule has 20 heavy (non-hydrogen) atoms. The fourth-order valence-corrected chi connectivity index (χ4v) is 4.71. The highest BCUT2D eigenvalue weighted by Crippen LogP contribution is 2.25. The minimum Gasteiger partial charge on any atom is -0.309 e. The van der Waals surface area contributed by atoms with Gasteiger partial charge in [0.25, 0.3) is 0 Å². The van der Waals surface area contributed by atoms with Crippen LogP contribution in [0.25, 0.3) is 10.9 Å². The molecule has 1 atom stereocenters. The molecule has 2 heterocycles. The molecule has 2 aromatic rings. The third kappa shape index (κ3) is 2.87. The van der Waals surface area contributed by atoms with Crippen molar-refractivity contribution in [2.45, 2.75) is 19.0 Å². The van der Waals surface area contributed by atoms with E-state index in [1.807, 2.05) is 24.3 Å². The van der Waals surface area contributed by atoms with Gasteiger partial charge in [0.2, 0.25) is 0 Å². The molecule has 1 fully saturated rings. The molecule has 3 rings (SSSR count). The first-order chi connectivity index (χ1) is 9.55. The lowest BCUT2D eigenvalue weighted by Crippen LogP contribution is -2.29. The smallest absolute Gasteiger partial charge is 0.151 e. The first-order valence-electron chi connectivity index (χ1n) is 6.51. The first-order valence-corrected chi connectivity index (χ1v) is 9.12. The highest BCUT2D eigenvalue weighted by atomic mass is 79.9. The van der Waals surface area contributed by atoms with Crippen LogP contribution < -0.4 is 5.32 Å². The number of benzene rings is 1. The van der Waals surface area contributed by atoms with Crippen molar-refractivity contribution in [1.29, 1.82) is 0 Å². The summed E-state index contributed by atoms with van der Waals surface area (Å²) in [5.74, 6) is 0.541. The van der Waals surface area contributed by atoms with Crippen molar-refractivity contribution in [2.75, 3.05) is 11.5 Å². The van der Waals surface area contributed by atoms with E-state index < -0.39 is 9.84 Å². The van der Waals surface area contributed by atoms with Crippen LogP contribution in [-0.2, 0) is 16.4 Å². The lowest BCUT2D eigenvalue weighted by atomic mass is 10.1. The largest absolute Gasteiger partial charge is 0.309 e. The second-order valence-corrected chi connectivity index (χ2v) is 8.17. The number of nitrogens with zero attached hydrogens (tertiary/aromatic N) is 1. The van der Waals surface area contributed by atoms with Gasteiger partial charge in [0.15, 0.2) is 9.84 Å². The molecular formula is C14H15BrN2O2S. The summed E-state index contributed by atoms with van der Waals surface area (Å²) in [5, 5.41) is 4.41. The molecule has 1 saturated heterocycles. The van der Waals surface area contributed by atoms with E-state index in [-0.39, 0.29) is 11.8 Å². The van der Waals surface area contributed by atoms with Gasteiger partial charge in [0.05, 0.1) is 17.0 Å². The number of halogens is 1. The van der Waals surface area contributed by atoms with Crippen LogP contribution in [0.15, 0.2) is 34.9 Å². The van der Waals surface area contributed by atoms with Crippen LogP contribution in [0.3, 0.4) is 0 Å². The van der Waals surface area contributed by atoms with Gasteiger partial charge in [0, 0.05) is 28.6 Å². The molecule has 0 saturated carbocycles. The van der Waals surface area contributed by atoms with Crippen LogP contribution in [-0.4, -0.2) is 30.9 Å². The lowest BCUT2D eigenvalue weighted by molar-refractivity contribution is 0.555. The van der Waals surface area contributed by atoms with Gasteiger partial charge < -0.3 is 5.32 Å². The van der Waals surface area contributed by atoms with Crippen molar-refractivity contribution in [3.05, 3.63) is 40.5 Å². The van der Waals surface area contributed by atoms with E-state index in [9.17, 15) is 8.42 Å². The molecular weight excluding hydrogens is 340 g/mol. The predicted octanol–water partition coefficient (Wildman–Crippen LogP) is 2.27. The zero-order valence-corrected chi connectivity index (χ0v) is 13.2. The maximum absolute atomic E-state index is 11.5. The Hall–Kier alpha value is -0.980. The Labute approximate surface area is 126 Å². The standard InChI is InChI=1S/C14H15BrN2O2S/c15-13-4-3-10(14-12(13)2-1-6-16-14)8-17-11-5-7-20(18,19)9-11/h1-4,6,11,17H,5,7-9H2. The van der Waals surface area contributed by atoms with E-state index >= 15 is 0 Å². The third-order valence-electron chi connectivity index (χ3n) is 3.61. The fraction of sp³-hybridized carbons (Fsp3) is 0.357. The number of hydrogen-bond acceptors (Lipinski definition) is 4. The van der Waals surface area contributed by atoms with Crippen molar-refractivity contribution in [2.24, 2.45) is 0 Å². The molecule has 1 aromatic heterocycles. The summed E-state index contributed by atoms with van der Waals surface area (Å²) in [4.78, 5) is 4.43. The average molecular weight is 355 g/mol. The average Bonchev–Trinajstić information content (AvgIpc) is 2.78. The van der Waals surface area contributed by atoms with Crippen molar-refractivity contribution in [3.8, 4) is 0 Å². The van der Waals surface area contributed by atoms with Gasteiger partial charge in [0.1, 0.15) is 0 Å². The molecule has 0 aliphatic carbocycles. The molecule has 106 valence electrons. The second kappa shape index (κ2) is 5.42. The summed E-state index contributed by atoms with van der Waals surface area (Å²) in [5.41, 5.74) is 2.04. The number of sulfone groups is 1. The third-order valence-corrected chi connectivity index (χ3v) is 6.07. The SMILES string of the molecule is O=S1(=O)CCC(NCc2ccc(Br)c3cccnc23)C1. The number of nitrogens with one attached hydrogen (secondary N) is 1. The van der Waals surface area contributed by atoms with E-state index in [1.165, 1.54) is 0 Å². The van der Waals surface area contributed by atoms with Gasteiger partial charge in [-0.3, -0.25) is 4.98 Å². The molecule has 1 aromatic carbocycles. The summed E-state index contributed by atoms with van der Waals surface area (Å²) in [6.07, 6.45) is 2.47. The Bertz CT molecular complexity index is 746. The quantitative estimate of drug-likeness (QED) is 0.918. The minimum absolute atomic E-state index is 0.0578. The Morgan fingerprint density at radius 2 is 2.20 bits per heavy atom. The van der Waals surface area contributed by atoms with Crippen molar-refractivity contribution in [3.63, 3.8) is 0 Å². The zero-order valence-electron chi connectivity index (χ0n) is 10.8. The van der Waals surface area contributed by atoms with Gasteiger partial charge in [-0.15, -0.1) is 0 Å². The number of fused-ring (bicyclic) bond motifs is 1. The van der Waals surface area contributed by atoms with E-state index in [1.54, 1.807) is 6.20 Å². The summed E-state index contributed by atoms with van der Waals surface area (Å²) in [6, 6.07) is 8.02. The Balaban J connectivity index is 1.80. The van der Waals surface area contributed by atoms with Crippen LogP contribution in [0.1, 0.15) is 12.0 Å². The molecule has 1 aliphatic rings. The van der Waals surface area contributed by atoms with Crippen LogP contribution >= 0.6 is 15.9 Å². The predicted molar refractivity (Wildman–Crippen MR) is 83.3 cm³/mol. The van der Waals surface area contributed by atoms with E-state index in [0.717, 1.165) is 20.9 Å². The highest BCUT2D eigenvalue weighted by molar-refractivity contribution is 9.10. The van der Waals surface area contributed by atoms with Gasteiger partial charge in [-0.25, -0.2) is 8.42 Å². The maximum Gasteiger partial charge on any atom is 0.151 e. The normalized spacial score (nSPS) is 21.4. The number of aromatic nitrogens is 1. The topological polar surface area (TPSA) is 59.1 Å². The van der Waals surface area contributed by atoms with E-state index in [0.29, 0.717) is 18.7 Å². The summed E-state index contributed by atoms with van der Waals surface area (Å²) >= 11 is 3.52. The Morgan fingerprint density at radius 3 is 2.95 bits per heavy atom. The molecule has 1 aliphatic heterocycles. The van der Waals surface area contributed by atoms with E-state index in [4.69, 9.17) is 0 Å². The molecule has 1 unspecified atom stereocenters. The van der Waals surface area contributed by atoms with Gasteiger partial charge >= 0.3 is 0 Å². The van der Waals surface area contributed by atoms with Crippen LogP contribution in [0.2, 0.25) is 0 Å². The number of rotatable bonds is 3. The van der Waals surface area contributed by atoms with Crippen LogP contribution in [0, 0.1) is 0 Å². The monoisotopic (exact) mass is 354 g/mol. The summed E-state index contributed by atoms with van der Waals surface area (Å²) in [7, 11) is -2.83. The zero-order chi connectivity index (χ0) is 14.2. The second-order valence-electron chi connectivity index (χ2n) is 5.09. The van der Waals surface area contributed by atoms with Gasteiger partial charge in [-0.2, -0.15) is 0 Å². The molecule has 0 bridgehead atoms. The summed E-state index contributed by atoms with van der Waals surface area (Å²) < 4.78 is 23.9. The minimum atomic E-state index is -2.83. The number of pyridine rings is 1. The molecule has 1 N–H and O–H groups in total. The Kier molecular flexibility index (Phi) is 3.79. The molecule has 6 heteroatoms. The maximum atomic E-state index is 11.5. The first kappa shape index (κ1) is 14.0. The number of hydrogen-bond donors (Lipinski definition) is 1. The lowest BCUT2D eigenvalue weighted by Gasteiger charge is -2.12. The van der Waals surface area contributed by atoms with Crippen LogP contribution in [0.4, 0.5) is 0 Å². The molecule has 0 spiro atoms. The van der Waals surface area contributed by atoms with Crippen molar-refractivity contribution in [1.82, 2.24) is 10.3 Å². The highest BCUT2D eigenvalue weighted by Gasteiger charge is 2.27. The summed E-state index contributed by atoms with van der Waals surface area (Å²) in [6.45, 7) is 0.640. The van der Waals surface area contributed by atoms with Crippen LogP contribution in [0.5, 0.6) is 0 Å². The fourth-order valence-electron chi connectivity index (χ4n) is 2.55. The van der Waals surface area contributed by atoms with Gasteiger partial charge in [-0.05, 0) is 24.1 Å². The Morgan fingerprint density at radius 1 is 1.35 bits per heavy atom. The molecule has 0 amide bonds. The van der Waals surface area contributed by atoms with Crippen molar-refractivity contribution >= 4 is 36.7 Å². The molecule has 0 radical (unpaired) electrons. The van der Waals surface area contributed by atoms with Gasteiger partial charge in [-0.1, -0.05) is 28.1 Å².